The molecule has 0 aromatic carbocycles. The zero-order valence-corrected chi connectivity index (χ0v) is 36.3. The summed E-state index contributed by atoms with van der Waals surface area (Å²) in [6.07, 6.45) is -1.12. The van der Waals surface area contributed by atoms with Crippen molar-refractivity contribution in [1.29, 1.82) is 0 Å². The predicted octanol–water partition coefficient (Wildman–Crippen LogP) is 5.71. The van der Waals surface area contributed by atoms with Gasteiger partial charge in [0.05, 0.1) is 6.61 Å². The molecule has 0 aliphatic heterocycles. The van der Waals surface area contributed by atoms with Gasteiger partial charge < -0.3 is 44.6 Å². The maximum atomic E-state index is 12.9. The minimum Gasteiger partial charge on any atom is -0.456 e. The van der Waals surface area contributed by atoms with Crippen LogP contribution in [0, 0.1) is 82.9 Å². The van der Waals surface area contributed by atoms with E-state index in [0.29, 0.717) is 6.42 Å². The molecule has 1 aliphatic carbocycles. The highest BCUT2D eigenvalue weighted by molar-refractivity contribution is 7.59. The van der Waals surface area contributed by atoms with Gasteiger partial charge in [0.1, 0.15) is 43.2 Å². The van der Waals surface area contributed by atoms with E-state index >= 15 is 0 Å². The highest BCUT2D eigenvalue weighted by atomic mass is 32.1. The Balaban J connectivity index is -0.000000207. The summed E-state index contributed by atoms with van der Waals surface area (Å²) in [5, 5.41) is 41.0. The summed E-state index contributed by atoms with van der Waals surface area (Å²) in [4.78, 5) is 53.5. The van der Waals surface area contributed by atoms with Crippen LogP contribution in [0.4, 0.5) is 0 Å². The minimum absolute atomic E-state index is 0. The summed E-state index contributed by atoms with van der Waals surface area (Å²) >= 11 is 0. The van der Waals surface area contributed by atoms with Gasteiger partial charge in [0.2, 0.25) is 0 Å². The third-order valence-electron chi connectivity index (χ3n) is 8.14. The summed E-state index contributed by atoms with van der Waals surface area (Å²) in [6.45, 7) is 2.15. The van der Waals surface area contributed by atoms with Crippen molar-refractivity contribution in [2.75, 3.05) is 13.2 Å². The fourth-order valence-electron chi connectivity index (χ4n) is 5.26. The van der Waals surface area contributed by atoms with Crippen molar-refractivity contribution in [3.05, 3.63) is 0 Å². The molecule has 60 heavy (non-hydrogen) atoms. The van der Waals surface area contributed by atoms with Crippen molar-refractivity contribution in [1.82, 2.24) is 0 Å². The van der Waals surface area contributed by atoms with Gasteiger partial charge >= 0.3 is 27.6 Å². The summed E-state index contributed by atoms with van der Waals surface area (Å²) < 4.78 is 48.5. The van der Waals surface area contributed by atoms with Crippen molar-refractivity contribution in [3.63, 3.8) is 0 Å². The van der Waals surface area contributed by atoms with Crippen LogP contribution in [0.15, 0.2) is 0 Å². The Morgan fingerprint density at radius 2 is 1.03 bits per heavy atom. The van der Waals surface area contributed by atoms with Gasteiger partial charge in [0.15, 0.2) is 6.10 Å². The second-order valence-corrected chi connectivity index (χ2v) is 15.5. The van der Waals surface area contributed by atoms with Crippen LogP contribution in [0.25, 0.3) is 0 Å². The first-order chi connectivity index (χ1) is 28.1. The first-order valence-corrected chi connectivity index (χ1v) is 22.0. The molecule has 0 aromatic rings. The first kappa shape index (κ1) is 56.3. The Morgan fingerprint density at radius 1 is 0.600 bits per heavy atom. The van der Waals surface area contributed by atoms with Crippen LogP contribution in [0.3, 0.4) is 0 Å². The molecule has 4 unspecified atom stereocenters. The van der Waals surface area contributed by atoms with Crippen molar-refractivity contribution < 1.29 is 95.4 Å². The second-order valence-electron chi connectivity index (χ2n) is 12.9. The van der Waals surface area contributed by atoms with Gasteiger partial charge in [0.25, 0.3) is 0 Å². The number of carbonyl (C=O) groups excluding carboxylic acids is 2. The fraction of sp³-hybridized carbons (Fsp3) is 0.610. The maximum absolute atomic E-state index is 12.9. The van der Waals surface area contributed by atoms with E-state index in [1.807, 2.05) is 0 Å². The molecule has 0 heterocycles. The Labute approximate surface area is 378 Å². The lowest BCUT2D eigenvalue weighted by Gasteiger charge is -2.43. The van der Waals surface area contributed by atoms with Gasteiger partial charge in [-0.05, 0) is 84.4 Å². The highest BCUT2D eigenvalue weighted by Gasteiger charge is 2.54. The van der Waals surface area contributed by atoms with Crippen LogP contribution >= 0.6 is 29.1 Å². The Hall–Kier alpha value is -3.73. The molecule has 0 aromatic heterocycles. The van der Waals surface area contributed by atoms with E-state index in [1.165, 1.54) is 44.9 Å². The molecule has 356 valence electrons. The van der Waals surface area contributed by atoms with Crippen molar-refractivity contribution in [2.45, 2.75) is 146 Å². The number of phosphoric ester groups is 2. The average Bonchev–Trinajstić information content (AvgIpc) is 3.18. The standard InChI is InChI=1S/C41H52O16P2.H2S.13H2/c1-3-5-7-9-11-13-15-17-19-21-23-25-27-29-34(42)53-31-33(55-35(43)30-28-26-24-22-20-18-16-14-12-10-8-6-4-2)32-54-59(51,52)57-41-38(46)36(44)37(45)40(39(41)47)56-58(48,49)50;;;;;;;;;;;;;;/h33,36-41,44-47H,4,6,8,10,12,14,16,18,20,22,24,26,28,30-32H2,1-2H3,(H,51,52)(H2,48,49,50);1H2;13*1H/t33-,36?,37-,38+,39?,40-,41?;;;;;;;;;;;;;;/m1............../s1. The molecule has 0 saturated heterocycles. The van der Waals surface area contributed by atoms with Gasteiger partial charge in [-0.25, -0.2) is 13.9 Å². The van der Waals surface area contributed by atoms with Gasteiger partial charge in [-0.3, -0.25) is 18.4 Å². The number of aliphatic hydroxyl groups excluding tert-OH is 4. The lowest BCUT2D eigenvalue weighted by Crippen LogP contribution is -2.64. The second kappa shape index (κ2) is 33.0. The Kier molecular flexibility index (Phi) is 30.9. The van der Waals surface area contributed by atoms with E-state index in [2.05, 4.69) is 94.3 Å². The van der Waals surface area contributed by atoms with Crippen LogP contribution in [-0.2, 0) is 41.8 Å². The molecule has 8 atom stereocenters. The number of unbranched alkanes of at least 4 members (excludes halogenated alkanes) is 12. The van der Waals surface area contributed by atoms with Crippen molar-refractivity contribution in [2.24, 2.45) is 0 Å². The van der Waals surface area contributed by atoms with E-state index in [-0.39, 0.29) is 38.5 Å². The molecular weight excluding hydrogens is 842 g/mol. The minimum atomic E-state index is -5.39. The molecule has 0 radical (unpaired) electrons. The number of phosphoric acid groups is 2. The molecule has 1 saturated carbocycles. The van der Waals surface area contributed by atoms with Crippen molar-refractivity contribution in [3.8, 4) is 82.9 Å². The van der Waals surface area contributed by atoms with Crippen LogP contribution < -0.4 is 0 Å². The van der Waals surface area contributed by atoms with Crippen LogP contribution in [0.5, 0.6) is 0 Å². The molecule has 19 heteroatoms. The number of hydrogen-bond donors (Lipinski definition) is 7. The number of carbonyl (C=O) groups is 2. The molecule has 0 spiro atoms. The molecule has 0 bridgehead atoms. The number of rotatable bonds is 24. The molecule has 16 nitrogen and oxygen atoms in total. The van der Waals surface area contributed by atoms with E-state index < -0.39 is 83.5 Å². The molecule has 1 rings (SSSR count). The number of aliphatic hydroxyl groups is 4. The number of ether oxygens (including phenoxy) is 2. The summed E-state index contributed by atoms with van der Waals surface area (Å²) in [7, 11) is -10.8. The molecule has 1 fully saturated rings. The fourth-order valence-corrected chi connectivity index (χ4v) is 6.80. The average molecular weight is 923 g/mol. The Morgan fingerprint density at radius 3 is 1.50 bits per heavy atom. The van der Waals surface area contributed by atoms with Gasteiger partial charge in [-0.2, -0.15) is 13.5 Å². The third kappa shape index (κ3) is 27.2. The lowest BCUT2D eigenvalue weighted by atomic mass is 9.85. The maximum Gasteiger partial charge on any atom is 0.472 e. The predicted molar refractivity (Wildman–Crippen MR) is 251 cm³/mol. The number of esters is 2. The van der Waals surface area contributed by atoms with Crippen molar-refractivity contribution >= 4 is 41.1 Å². The van der Waals surface area contributed by atoms with E-state index in [4.69, 9.17) is 28.3 Å². The van der Waals surface area contributed by atoms with E-state index in [1.54, 1.807) is 6.92 Å². The Bertz CT molecular complexity index is 1940. The third-order valence-corrected chi connectivity index (χ3v) is 9.65. The summed E-state index contributed by atoms with van der Waals surface area (Å²) in [5.74, 6) is 31.5. The first-order valence-electron chi connectivity index (χ1n) is 19.0. The van der Waals surface area contributed by atoms with Crippen LogP contribution in [0.1, 0.15) is 122 Å². The molecule has 7 N–H and O–H groups in total. The van der Waals surface area contributed by atoms with E-state index in [0.717, 1.165) is 32.1 Å². The van der Waals surface area contributed by atoms with Gasteiger partial charge in [0, 0.05) is 30.9 Å². The normalized spacial score (nSPS) is 20.3. The number of hydrogen-bond acceptors (Lipinski definition) is 13. The monoisotopic (exact) mass is 922 g/mol. The topological polar surface area (TPSA) is 256 Å². The quantitative estimate of drug-likeness (QED) is 0.0201. The van der Waals surface area contributed by atoms with Crippen LogP contribution in [-0.4, -0.2) is 103 Å². The van der Waals surface area contributed by atoms with Crippen LogP contribution in [0.2, 0.25) is 0 Å². The van der Waals surface area contributed by atoms with E-state index in [9.17, 15) is 44.0 Å². The molecule has 0 amide bonds. The molecular formula is C41H80O16P2S. The lowest BCUT2D eigenvalue weighted by molar-refractivity contribution is -0.216. The zero-order valence-electron chi connectivity index (χ0n) is 33.6. The summed E-state index contributed by atoms with van der Waals surface area (Å²) in [6, 6.07) is 0. The molecule has 1 aliphatic rings. The van der Waals surface area contributed by atoms with Gasteiger partial charge in [-0.1, -0.05) is 89.9 Å². The summed E-state index contributed by atoms with van der Waals surface area (Å²) in [5.41, 5.74) is 0. The SMILES string of the molecule is CC#CC#CC#CC#CC#CC#CC#CC(=O)OC[C@H](COP(=O)(O)OC1C(O)[C@H](OP(=O)(O)O)[C@H](O)C(O)[C@@H]1O)OC(=O)CCCCCCCCCCCCCCC.S.[HH].[HH].[HH].[HH].[HH].[HH].[HH].[HH].[HH].[HH].[HH].[HH].[HH]. The van der Waals surface area contributed by atoms with Gasteiger partial charge in [-0.15, -0.1) is 0 Å². The smallest absolute Gasteiger partial charge is 0.456 e. The zero-order chi connectivity index (χ0) is 43.9. The largest absolute Gasteiger partial charge is 0.472 e. The highest BCUT2D eigenvalue weighted by Crippen LogP contribution is 2.49.